The van der Waals surface area contributed by atoms with Crippen LogP contribution in [0.25, 0.3) is 11.1 Å². The zero-order valence-electron chi connectivity index (χ0n) is 17.6. The van der Waals surface area contributed by atoms with Crippen LogP contribution >= 0.6 is 11.6 Å². The van der Waals surface area contributed by atoms with E-state index in [1.165, 1.54) is 0 Å². The van der Waals surface area contributed by atoms with Gasteiger partial charge in [-0.2, -0.15) is 0 Å². The van der Waals surface area contributed by atoms with Crippen molar-refractivity contribution in [1.29, 1.82) is 0 Å². The molecule has 0 bridgehead atoms. The Kier molecular flexibility index (Phi) is 7.05. The minimum Gasteiger partial charge on any atom is -0.394 e. The second-order valence-corrected chi connectivity index (χ2v) is 8.31. The van der Waals surface area contributed by atoms with Gasteiger partial charge in [-0.25, -0.2) is 4.98 Å². The lowest BCUT2D eigenvalue weighted by Gasteiger charge is -2.23. The van der Waals surface area contributed by atoms with Gasteiger partial charge in [-0.05, 0) is 53.6 Å². The number of rotatable bonds is 6. The highest BCUT2D eigenvalue weighted by Gasteiger charge is 2.20. The van der Waals surface area contributed by atoms with E-state index in [1.54, 1.807) is 12.1 Å². The molecule has 0 spiro atoms. The van der Waals surface area contributed by atoms with Crippen molar-refractivity contribution in [2.75, 3.05) is 25.6 Å². The van der Waals surface area contributed by atoms with Crippen molar-refractivity contribution in [3.63, 3.8) is 0 Å². The van der Waals surface area contributed by atoms with Crippen LogP contribution in [0.2, 0.25) is 5.02 Å². The molecule has 1 aromatic heterocycles. The Morgan fingerprint density at radius 2 is 1.94 bits per heavy atom. The van der Waals surface area contributed by atoms with E-state index in [0.29, 0.717) is 22.3 Å². The fourth-order valence-corrected chi connectivity index (χ4v) is 4.27. The van der Waals surface area contributed by atoms with E-state index in [2.05, 4.69) is 16.4 Å². The minimum atomic E-state index is -0.518. The first-order valence-electron chi connectivity index (χ1n) is 10.7. The summed E-state index contributed by atoms with van der Waals surface area (Å²) in [5, 5.41) is 12.9. The van der Waals surface area contributed by atoms with Gasteiger partial charge in [0.25, 0.3) is 5.91 Å². The van der Waals surface area contributed by atoms with Gasteiger partial charge in [0, 0.05) is 25.0 Å². The maximum absolute atomic E-state index is 12.8. The third kappa shape index (κ3) is 4.93. The van der Waals surface area contributed by atoms with Crippen LogP contribution in [0, 0.1) is 0 Å². The molecule has 0 saturated carbocycles. The normalized spacial score (nSPS) is 15.3. The van der Waals surface area contributed by atoms with Crippen molar-refractivity contribution in [3.8, 4) is 11.1 Å². The van der Waals surface area contributed by atoms with Gasteiger partial charge >= 0.3 is 0 Å². The van der Waals surface area contributed by atoms with Crippen molar-refractivity contribution in [2.24, 2.45) is 0 Å². The summed E-state index contributed by atoms with van der Waals surface area (Å²) in [7, 11) is 0. The molecule has 166 valence electrons. The molecule has 1 fully saturated rings. The van der Waals surface area contributed by atoms with Gasteiger partial charge in [0.1, 0.15) is 5.82 Å². The Morgan fingerprint density at radius 3 is 2.62 bits per heavy atom. The largest absolute Gasteiger partial charge is 0.394 e. The average Bonchev–Trinajstić information content (AvgIpc) is 2.83. The molecular formula is C25H26ClN3O3. The zero-order chi connectivity index (χ0) is 22.5. The fraction of sp³-hybridized carbons (Fsp3) is 0.280. The van der Waals surface area contributed by atoms with Crippen LogP contribution in [0.1, 0.15) is 46.3 Å². The molecule has 32 heavy (non-hydrogen) atoms. The van der Waals surface area contributed by atoms with Gasteiger partial charge in [-0.1, -0.05) is 48.0 Å². The van der Waals surface area contributed by atoms with Gasteiger partial charge in [-0.15, -0.1) is 0 Å². The Balaban J connectivity index is 1.56. The second kappa shape index (κ2) is 10.1. The highest BCUT2D eigenvalue weighted by Crippen LogP contribution is 2.34. The van der Waals surface area contributed by atoms with Crippen molar-refractivity contribution in [1.82, 2.24) is 10.3 Å². The molecule has 1 aliphatic heterocycles. The van der Waals surface area contributed by atoms with Crippen molar-refractivity contribution >= 4 is 23.3 Å². The molecule has 2 heterocycles. The third-order valence-electron chi connectivity index (χ3n) is 5.85. The number of hydrogen-bond acceptors (Lipinski definition) is 5. The highest BCUT2D eigenvalue weighted by atomic mass is 35.5. The molecule has 4 rings (SSSR count). The fourth-order valence-electron chi connectivity index (χ4n) is 4.00. The number of hydrogen-bond donors (Lipinski definition) is 3. The Labute approximate surface area is 192 Å². The summed E-state index contributed by atoms with van der Waals surface area (Å²) in [6.45, 7) is 1.28. The number of aliphatic hydroxyl groups is 1. The first-order chi connectivity index (χ1) is 15.6. The quantitative estimate of drug-likeness (QED) is 0.518. The van der Waals surface area contributed by atoms with E-state index >= 15 is 0 Å². The number of halogens is 1. The van der Waals surface area contributed by atoms with Gasteiger partial charge in [0.15, 0.2) is 0 Å². The number of ether oxygens (including phenoxy) is 1. The molecule has 3 aromatic rings. The first kappa shape index (κ1) is 22.3. The summed E-state index contributed by atoms with van der Waals surface area (Å²) in [5.74, 6) is 0.453. The summed E-state index contributed by atoms with van der Waals surface area (Å²) in [4.78, 5) is 17.2. The second-order valence-electron chi connectivity index (χ2n) is 7.90. The average molecular weight is 452 g/mol. The van der Waals surface area contributed by atoms with Gasteiger partial charge in [0.05, 0.1) is 23.2 Å². The van der Waals surface area contributed by atoms with Crippen LogP contribution < -0.4 is 11.1 Å². The number of amides is 1. The van der Waals surface area contributed by atoms with E-state index in [1.807, 2.05) is 42.6 Å². The van der Waals surface area contributed by atoms with Crippen LogP contribution in [-0.2, 0) is 4.74 Å². The molecule has 1 unspecified atom stereocenters. The molecule has 4 N–H and O–H groups in total. The molecule has 7 heteroatoms. The van der Waals surface area contributed by atoms with Crippen molar-refractivity contribution < 1.29 is 14.6 Å². The molecule has 1 aliphatic rings. The standard InChI is InChI=1S/C25H26ClN3O3/c26-22-13-18(21-12-19(14-28-24(21)27)16-8-10-32-11-9-16)6-7-20(22)25(31)29-23(15-30)17-4-2-1-3-5-17/h1-7,12-14,16,23,30H,8-11,15H2,(H2,27,28)(H,29,31). The first-order valence-corrected chi connectivity index (χ1v) is 11.0. The van der Waals surface area contributed by atoms with E-state index in [0.717, 1.165) is 48.3 Å². The number of nitrogens with one attached hydrogen (secondary N) is 1. The van der Waals surface area contributed by atoms with Crippen LogP contribution in [0.15, 0.2) is 60.8 Å². The smallest absolute Gasteiger partial charge is 0.253 e. The summed E-state index contributed by atoms with van der Waals surface area (Å²) >= 11 is 6.49. The van der Waals surface area contributed by atoms with Crippen molar-refractivity contribution in [2.45, 2.75) is 24.8 Å². The van der Waals surface area contributed by atoms with Gasteiger partial charge in [-0.3, -0.25) is 4.79 Å². The van der Waals surface area contributed by atoms with Gasteiger partial charge in [0.2, 0.25) is 0 Å². The third-order valence-corrected chi connectivity index (χ3v) is 6.16. The number of nitrogens with zero attached hydrogens (tertiary/aromatic N) is 1. The van der Waals surface area contributed by atoms with Crippen molar-refractivity contribution in [3.05, 3.63) is 82.5 Å². The molecule has 1 atom stereocenters. The number of benzene rings is 2. The molecular weight excluding hydrogens is 426 g/mol. The SMILES string of the molecule is Nc1ncc(C2CCOCC2)cc1-c1ccc(C(=O)NC(CO)c2ccccc2)c(Cl)c1. The predicted octanol–water partition coefficient (Wildman–Crippen LogP) is 4.34. The number of nitrogens with two attached hydrogens (primary N) is 1. The number of carbonyl (C=O) groups excluding carboxylic acids is 1. The van der Waals surface area contributed by atoms with E-state index in [9.17, 15) is 9.90 Å². The Bertz CT molecular complexity index is 1090. The number of carbonyl (C=O) groups is 1. The summed E-state index contributed by atoms with van der Waals surface area (Å²) in [6.07, 6.45) is 3.74. The van der Waals surface area contributed by atoms with Crippen LogP contribution in [-0.4, -0.2) is 35.8 Å². The summed E-state index contributed by atoms with van der Waals surface area (Å²) in [5.41, 5.74) is 10.0. The number of pyridine rings is 1. The molecule has 6 nitrogen and oxygen atoms in total. The lowest BCUT2D eigenvalue weighted by molar-refractivity contribution is 0.0853. The Hall–Kier alpha value is -2.93. The Morgan fingerprint density at radius 1 is 1.19 bits per heavy atom. The summed E-state index contributed by atoms with van der Waals surface area (Å²) in [6, 6.07) is 16.1. The van der Waals surface area contributed by atoms with E-state index in [-0.39, 0.29) is 12.5 Å². The van der Waals surface area contributed by atoms with Crippen LogP contribution in [0.3, 0.4) is 0 Å². The lowest BCUT2D eigenvalue weighted by Crippen LogP contribution is -2.30. The minimum absolute atomic E-state index is 0.216. The number of aromatic nitrogens is 1. The maximum atomic E-state index is 12.8. The topological polar surface area (TPSA) is 97.5 Å². The lowest BCUT2D eigenvalue weighted by atomic mass is 9.91. The van der Waals surface area contributed by atoms with Crippen LogP contribution in [0.4, 0.5) is 5.82 Å². The zero-order valence-corrected chi connectivity index (χ0v) is 18.4. The molecule has 0 radical (unpaired) electrons. The maximum Gasteiger partial charge on any atom is 0.253 e. The van der Waals surface area contributed by atoms with Crippen LogP contribution in [0.5, 0.6) is 0 Å². The number of anilines is 1. The van der Waals surface area contributed by atoms with Gasteiger partial charge < -0.3 is 20.9 Å². The molecule has 1 saturated heterocycles. The summed E-state index contributed by atoms with van der Waals surface area (Å²) < 4.78 is 5.46. The van der Waals surface area contributed by atoms with E-state index < -0.39 is 6.04 Å². The predicted molar refractivity (Wildman–Crippen MR) is 126 cm³/mol. The molecule has 2 aromatic carbocycles. The highest BCUT2D eigenvalue weighted by molar-refractivity contribution is 6.34. The molecule has 0 aliphatic carbocycles. The molecule has 1 amide bonds. The number of nitrogen functional groups attached to an aromatic ring is 1. The van der Waals surface area contributed by atoms with E-state index in [4.69, 9.17) is 22.1 Å². The number of aliphatic hydroxyl groups excluding tert-OH is 1. The monoisotopic (exact) mass is 451 g/mol.